The van der Waals surface area contributed by atoms with Crippen LogP contribution in [0.25, 0.3) is 0 Å². The maximum absolute atomic E-state index is 10.4. The Labute approximate surface area is 121 Å². The third kappa shape index (κ3) is 3.22. The molecular weight excluding hydrogens is 250 g/mol. The van der Waals surface area contributed by atoms with E-state index in [0.717, 1.165) is 6.42 Å². The molecule has 3 nitrogen and oxygen atoms in total. The van der Waals surface area contributed by atoms with Crippen molar-refractivity contribution in [3.8, 4) is 0 Å². The van der Waals surface area contributed by atoms with E-state index in [1.165, 1.54) is 31.2 Å². The molecule has 0 spiro atoms. The molecule has 2 aliphatic rings. The van der Waals surface area contributed by atoms with E-state index in [-0.39, 0.29) is 0 Å². The van der Waals surface area contributed by atoms with Crippen molar-refractivity contribution >= 4 is 0 Å². The summed E-state index contributed by atoms with van der Waals surface area (Å²) >= 11 is 0. The predicted molar refractivity (Wildman–Crippen MR) is 79.8 cm³/mol. The average Bonchev–Trinajstić information content (AvgIpc) is 2.94. The summed E-state index contributed by atoms with van der Waals surface area (Å²) in [5.74, 6) is 0.580. The summed E-state index contributed by atoms with van der Waals surface area (Å²) < 4.78 is 5.32. The molecule has 1 saturated carbocycles. The fourth-order valence-corrected chi connectivity index (χ4v) is 3.53. The van der Waals surface area contributed by atoms with Gasteiger partial charge in [0.05, 0.1) is 6.61 Å². The lowest BCUT2D eigenvalue weighted by molar-refractivity contribution is 0.0230. The highest BCUT2D eigenvalue weighted by Crippen LogP contribution is 2.33. The van der Waals surface area contributed by atoms with Gasteiger partial charge in [-0.3, -0.25) is 0 Å². The van der Waals surface area contributed by atoms with Crippen molar-refractivity contribution < 1.29 is 9.84 Å². The van der Waals surface area contributed by atoms with Gasteiger partial charge < -0.3 is 15.2 Å². The Morgan fingerprint density at radius 2 is 2.00 bits per heavy atom. The normalized spacial score (nSPS) is 34.2. The Morgan fingerprint density at radius 3 is 2.75 bits per heavy atom. The summed E-state index contributed by atoms with van der Waals surface area (Å²) in [5.41, 5.74) is 0.776. The zero-order valence-electron chi connectivity index (χ0n) is 12.1. The van der Waals surface area contributed by atoms with Gasteiger partial charge in [-0.25, -0.2) is 0 Å². The van der Waals surface area contributed by atoms with Crippen LogP contribution >= 0.6 is 0 Å². The number of rotatable bonds is 4. The summed E-state index contributed by atoms with van der Waals surface area (Å²) in [6, 6.07) is 11.3. The Kier molecular flexibility index (Phi) is 4.39. The van der Waals surface area contributed by atoms with E-state index in [9.17, 15) is 5.11 Å². The van der Waals surface area contributed by atoms with Gasteiger partial charge in [0, 0.05) is 25.6 Å². The molecule has 2 N–H and O–H groups in total. The minimum absolute atomic E-state index is 0.475. The monoisotopic (exact) mass is 275 g/mol. The zero-order valence-corrected chi connectivity index (χ0v) is 12.1. The second-order valence-electron chi connectivity index (χ2n) is 6.32. The molecule has 3 unspecified atom stereocenters. The minimum Gasteiger partial charge on any atom is -0.386 e. The molecule has 1 heterocycles. The third-order valence-electron chi connectivity index (χ3n) is 4.77. The lowest BCUT2D eigenvalue weighted by Crippen LogP contribution is -2.47. The standard InChI is InChI=1S/C17H25NO2/c19-17(10-11-20-13-17)12-18-16-9-5-4-8-15(16)14-6-2-1-3-7-14/h1-3,6-7,15-16,18-19H,4-5,8-13H2. The van der Waals surface area contributed by atoms with Crippen LogP contribution in [-0.4, -0.2) is 36.5 Å². The molecule has 110 valence electrons. The molecule has 1 aliphatic carbocycles. The largest absolute Gasteiger partial charge is 0.386 e. The van der Waals surface area contributed by atoms with Gasteiger partial charge >= 0.3 is 0 Å². The number of benzene rings is 1. The van der Waals surface area contributed by atoms with Crippen molar-refractivity contribution in [1.82, 2.24) is 5.32 Å². The van der Waals surface area contributed by atoms with Crippen LogP contribution in [0.4, 0.5) is 0 Å². The number of aliphatic hydroxyl groups is 1. The van der Waals surface area contributed by atoms with Crippen molar-refractivity contribution in [2.24, 2.45) is 0 Å². The van der Waals surface area contributed by atoms with Crippen molar-refractivity contribution in [2.75, 3.05) is 19.8 Å². The van der Waals surface area contributed by atoms with E-state index in [1.807, 2.05) is 0 Å². The first-order valence-corrected chi connectivity index (χ1v) is 7.85. The number of nitrogens with one attached hydrogen (secondary N) is 1. The summed E-state index contributed by atoms with van der Waals surface area (Å²) in [4.78, 5) is 0. The fourth-order valence-electron chi connectivity index (χ4n) is 3.53. The molecule has 3 heteroatoms. The van der Waals surface area contributed by atoms with E-state index in [2.05, 4.69) is 35.6 Å². The van der Waals surface area contributed by atoms with Crippen LogP contribution in [-0.2, 0) is 4.74 Å². The molecule has 1 saturated heterocycles. The Bertz CT molecular complexity index is 414. The van der Waals surface area contributed by atoms with E-state index in [1.54, 1.807) is 0 Å². The quantitative estimate of drug-likeness (QED) is 0.887. The SMILES string of the molecule is OC1(CNC2CCCCC2c2ccccc2)CCOC1. The van der Waals surface area contributed by atoms with Crippen molar-refractivity contribution in [2.45, 2.75) is 49.7 Å². The highest BCUT2D eigenvalue weighted by Gasteiger charge is 2.34. The van der Waals surface area contributed by atoms with Gasteiger partial charge in [-0.1, -0.05) is 43.2 Å². The van der Waals surface area contributed by atoms with Crippen LogP contribution in [0.1, 0.15) is 43.6 Å². The molecule has 1 aromatic carbocycles. The van der Waals surface area contributed by atoms with E-state index < -0.39 is 5.60 Å². The average molecular weight is 275 g/mol. The Morgan fingerprint density at radius 1 is 1.20 bits per heavy atom. The first-order chi connectivity index (χ1) is 9.77. The van der Waals surface area contributed by atoms with Crippen LogP contribution < -0.4 is 5.32 Å². The lowest BCUT2D eigenvalue weighted by atomic mass is 9.79. The van der Waals surface area contributed by atoms with Crippen LogP contribution in [0.2, 0.25) is 0 Å². The predicted octanol–water partition coefficient (Wildman–Crippen LogP) is 2.45. The van der Waals surface area contributed by atoms with Crippen LogP contribution in [0.15, 0.2) is 30.3 Å². The Hall–Kier alpha value is -0.900. The van der Waals surface area contributed by atoms with E-state index in [4.69, 9.17) is 4.74 Å². The number of hydrogen-bond donors (Lipinski definition) is 2. The van der Waals surface area contributed by atoms with Gasteiger partial charge in [0.25, 0.3) is 0 Å². The van der Waals surface area contributed by atoms with Crippen LogP contribution in [0.3, 0.4) is 0 Å². The molecule has 0 amide bonds. The van der Waals surface area contributed by atoms with Crippen molar-refractivity contribution in [3.05, 3.63) is 35.9 Å². The second-order valence-corrected chi connectivity index (χ2v) is 6.32. The number of hydrogen-bond acceptors (Lipinski definition) is 3. The molecule has 1 aromatic rings. The van der Waals surface area contributed by atoms with E-state index >= 15 is 0 Å². The van der Waals surface area contributed by atoms with Gasteiger partial charge in [0.2, 0.25) is 0 Å². The van der Waals surface area contributed by atoms with E-state index in [0.29, 0.717) is 31.7 Å². The minimum atomic E-state index is -0.654. The number of ether oxygens (including phenoxy) is 1. The third-order valence-corrected chi connectivity index (χ3v) is 4.77. The first-order valence-electron chi connectivity index (χ1n) is 7.85. The molecule has 2 fully saturated rings. The highest BCUT2D eigenvalue weighted by atomic mass is 16.5. The van der Waals surface area contributed by atoms with Crippen LogP contribution in [0, 0.1) is 0 Å². The lowest BCUT2D eigenvalue weighted by Gasteiger charge is -2.35. The summed E-state index contributed by atoms with van der Waals surface area (Å²) in [6.07, 6.45) is 5.80. The van der Waals surface area contributed by atoms with Gasteiger partial charge in [0.1, 0.15) is 5.60 Å². The zero-order chi connectivity index (χ0) is 13.8. The molecule has 0 radical (unpaired) electrons. The maximum atomic E-state index is 10.4. The van der Waals surface area contributed by atoms with Crippen molar-refractivity contribution in [3.63, 3.8) is 0 Å². The topological polar surface area (TPSA) is 41.5 Å². The second kappa shape index (κ2) is 6.25. The van der Waals surface area contributed by atoms with Crippen molar-refractivity contribution in [1.29, 1.82) is 0 Å². The van der Waals surface area contributed by atoms with Gasteiger partial charge in [-0.05, 0) is 24.3 Å². The smallest absolute Gasteiger partial charge is 0.102 e. The molecule has 0 bridgehead atoms. The summed E-state index contributed by atoms with van der Waals surface area (Å²) in [6.45, 7) is 1.81. The highest BCUT2D eigenvalue weighted by molar-refractivity contribution is 5.22. The first kappa shape index (κ1) is 14.1. The molecule has 0 aromatic heterocycles. The van der Waals surface area contributed by atoms with Gasteiger partial charge in [-0.15, -0.1) is 0 Å². The molecule has 20 heavy (non-hydrogen) atoms. The molecule has 3 atom stereocenters. The Balaban J connectivity index is 1.63. The summed E-state index contributed by atoms with van der Waals surface area (Å²) in [7, 11) is 0. The van der Waals surface area contributed by atoms with Crippen LogP contribution in [0.5, 0.6) is 0 Å². The van der Waals surface area contributed by atoms with Gasteiger partial charge in [-0.2, -0.15) is 0 Å². The molecule has 1 aliphatic heterocycles. The fraction of sp³-hybridized carbons (Fsp3) is 0.647. The molecule has 3 rings (SSSR count). The maximum Gasteiger partial charge on any atom is 0.102 e. The molecular formula is C17H25NO2. The summed E-state index contributed by atoms with van der Waals surface area (Å²) in [5, 5.41) is 14.0. The van der Waals surface area contributed by atoms with Gasteiger partial charge in [0.15, 0.2) is 0 Å².